The quantitative estimate of drug-likeness (QED) is 0.410. The number of aliphatic carboxylic acids is 1. The third-order valence-corrected chi connectivity index (χ3v) is 5.42. The minimum atomic E-state index is -0.997. The number of fused-ring (bicyclic) bond motifs is 1. The number of carboxylic acids is 1. The largest absolute Gasteiger partial charge is 0.478 e. The zero-order chi connectivity index (χ0) is 22.0. The minimum Gasteiger partial charge on any atom is -0.478 e. The van der Waals surface area contributed by atoms with Crippen LogP contribution in [0.25, 0.3) is 28.6 Å². The summed E-state index contributed by atoms with van der Waals surface area (Å²) in [6.07, 6.45) is 6.97. The topological polar surface area (TPSA) is 127 Å². The van der Waals surface area contributed by atoms with E-state index in [1.807, 2.05) is 35.9 Å². The summed E-state index contributed by atoms with van der Waals surface area (Å²) in [4.78, 5) is 24.0. The number of aromatic nitrogens is 4. The number of rotatable bonds is 3. The fourth-order valence-electron chi connectivity index (χ4n) is 3.74. The molecule has 2 aromatic heterocycles. The van der Waals surface area contributed by atoms with Gasteiger partial charge in [-0.1, -0.05) is 36.6 Å². The highest BCUT2D eigenvalue weighted by Gasteiger charge is 2.26. The SMILES string of the molecule is Cl.Cn1c(-c2ccc(C=CC(=O)O)cc2)nc2c(N)nc(C#CC3(O)CCCCC3)nc21. The summed E-state index contributed by atoms with van der Waals surface area (Å²) in [6.45, 7) is 0. The highest BCUT2D eigenvalue weighted by molar-refractivity contribution is 5.87. The molecule has 4 N–H and O–H groups in total. The van der Waals surface area contributed by atoms with Crippen molar-refractivity contribution in [3.8, 4) is 23.2 Å². The number of hydrogen-bond donors (Lipinski definition) is 3. The molecule has 0 saturated heterocycles. The maximum Gasteiger partial charge on any atom is 0.328 e. The molecule has 0 bridgehead atoms. The molecule has 1 saturated carbocycles. The van der Waals surface area contributed by atoms with E-state index in [4.69, 9.17) is 10.8 Å². The average Bonchev–Trinajstić information content (AvgIpc) is 3.09. The van der Waals surface area contributed by atoms with E-state index in [0.717, 1.165) is 36.5 Å². The van der Waals surface area contributed by atoms with Crippen LogP contribution < -0.4 is 5.73 Å². The van der Waals surface area contributed by atoms with Crippen LogP contribution in [0.2, 0.25) is 0 Å². The Labute approximate surface area is 191 Å². The normalized spacial score (nSPS) is 15.2. The third kappa shape index (κ3) is 4.90. The number of hydrogen-bond acceptors (Lipinski definition) is 6. The summed E-state index contributed by atoms with van der Waals surface area (Å²) in [5.74, 6) is 5.98. The molecule has 0 radical (unpaired) electrons. The summed E-state index contributed by atoms with van der Waals surface area (Å²) in [6, 6.07) is 7.33. The fraction of sp³-hybridized carbons (Fsp3) is 0.304. The van der Waals surface area contributed by atoms with Gasteiger partial charge in [0.1, 0.15) is 11.4 Å². The molecule has 166 valence electrons. The first-order valence-electron chi connectivity index (χ1n) is 10.1. The maximum atomic E-state index is 10.7. The number of nitrogens with two attached hydrogens (primary N) is 1. The molecule has 4 rings (SSSR count). The van der Waals surface area contributed by atoms with Crippen molar-refractivity contribution in [2.45, 2.75) is 37.7 Å². The molecule has 1 aliphatic rings. The number of aliphatic hydroxyl groups is 1. The lowest BCUT2D eigenvalue weighted by molar-refractivity contribution is -0.131. The lowest BCUT2D eigenvalue weighted by Gasteiger charge is -2.26. The second-order valence-electron chi connectivity index (χ2n) is 7.73. The summed E-state index contributed by atoms with van der Waals surface area (Å²) in [5, 5.41) is 19.3. The summed E-state index contributed by atoms with van der Waals surface area (Å²) in [5.41, 5.74) is 7.77. The van der Waals surface area contributed by atoms with Crippen LogP contribution in [0.1, 0.15) is 43.5 Å². The van der Waals surface area contributed by atoms with Crippen molar-refractivity contribution in [2.24, 2.45) is 7.05 Å². The second kappa shape index (κ2) is 9.39. The molecule has 2 heterocycles. The van der Waals surface area contributed by atoms with E-state index in [9.17, 15) is 9.90 Å². The molecule has 1 aliphatic carbocycles. The number of nitrogen functional groups attached to an aromatic ring is 1. The van der Waals surface area contributed by atoms with Crippen molar-refractivity contribution in [1.29, 1.82) is 0 Å². The van der Waals surface area contributed by atoms with Gasteiger partial charge in [-0.05, 0) is 43.2 Å². The van der Waals surface area contributed by atoms with Gasteiger partial charge < -0.3 is 20.5 Å². The summed E-state index contributed by atoms with van der Waals surface area (Å²) in [7, 11) is 1.83. The number of imidazole rings is 1. The van der Waals surface area contributed by atoms with Gasteiger partial charge in [0.15, 0.2) is 17.0 Å². The van der Waals surface area contributed by atoms with Gasteiger partial charge in [-0.2, -0.15) is 0 Å². The molecule has 0 amide bonds. The first kappa shape index (κ1) is 23.3. The Balaban J connectivity index is 0.00000289. The number of halogens is 1. The number of carbonyl (C=O) groups is 1. The van der Waals surface area contributed by atoms with Gasteiger partial charge in [0, 0.05) is 18.7 Å². The van der Waals surface area contributed by atoms with Crippen LogP contribution in [-0.4, -0.2) is 41.3 Å². The van der Waals surface area contributed by atoms with E-state index < -0.39 is 11.6 Å². The van der Waals surface area contributed by atoms with Crippen molar-refractivity contribution >= 4 is 41.4 Å². The van der Waals surface area contributed by atoms with Crippen LogP contribution in [0, 0.1) is 11.8 Å². The number of anilines is 1. The lowest BCUT2D eigenvalue weighted by atomic mass is 9.85. The van der Waals surface area contributed by atoms with E-state index >= 15 is 0 Å². The molecule has 8 nitrogen and oxygen atoms in total. The monoisotopic (exact) mass is 453 g/mol. The van der Waals surface area contributed by atoms with Gasteiger partial charge in [-0.3, -0.25) is 0 Å². The second-order valence-corrected chi connectivity index (χ2v) is 7.73. The Morgan fingerprint density at radius 1 is 1.16 bits per heavy atom. The predicted molar refractivity (Wildman–Crippen MR) is 125 cm³/mol. The Kier molecular flexibility index (Phi) is 6.82. The van der Waals surface area contributed by atoms with E-state index in [0.29, 0.717) is 29.8 Å². The van der Waals surface area contributed by atoms with Crippen molar-refractivity contribution in [3.63, 3.8) is 0 Å². The van der Waals surface area contributed by atoms with Crippen LogP contribution in [0.3, 0.4) is 0 Å². The van der Waals surface area contributed by atoms with E-state index in [2.05, 4.69) is 26.8 Å². The number of carboxylic acid groups (broad SMARTS) is 1. The number of benzene rings is 1. The zero-order valence-corrected chi connectivity index (χ0v) is 18.4. The molecule has 0 spiro atoms. The van der Waals surface area contributed by atoms with Crippen molar-refractivity contribution < 1.29 is 15.0 Å². The Bertz CT molecular complexity index is 1230. The molecule has 32 heavy (non-hydrogen) atoms. The van der Waals surface area contributed by atoms with E-state index in [1.54, 1.807) is 0 Å². The first-order chi connectivity index (χ1) is 14.8. The van der Waals surface area contributed by atoms with Crippen molar-refractivity contribution in [1.82, 2.24) is 19.5 Å². The van der Waals surface area contributed by atoms with Gasteiger partial charge >= 0.3 is 5.97 Å². The zero-order valence-electron chi connectivity index (χ0n) is 17.6. The van der Waals surface area contributed by atoms with Gasteiger partial charge in [0.05, 0.1) is 0 Å². The summed E-state index contributed by atoms with van der Waals surface area (Å²) >= 11 is 0. The Morgan fingerprint density at radius 3 is 2.50 bits per heavy atom. The van der Waals surface area contributed by atoms with Crippen LogP contribution in [0.4, 0.5) is 5.82 Å². The van der Waals surface area contributed by atoms with Crippen molar-refractivity contribution in [2.75, 3.05) is 5.73 Å². The molecular weight excluding hydrogens is 430 g/mol. The Morgan fingerprint density at radius 2 is 1.84 bits per heavy atom. The van der Waals surface area contributed by atoms with Crippen LogP contribution in [-0.2, 0) is 11.8 Å². The maximum absolute atomic E-state index is 10.7. The van der Waals surface area contributed by atoms with Gasteiger partial charge in [0.2, 0.25) is 5.82 Å². The van der Waals surface area contributed by atoms with Gasteiger partial charge in [-0.15, -0.1) is 12.4 Å². The van der Waals surface area contributed by atoms with E-state index in [-0.39, 0.29) is 24.0 Å². The fourth-order valence-corrected chi connectivity index (χ4v) is 3.74. The highest BCUT2D eigenvalue weighted by Crippen LogP contribution is 2.28. The Hall–Kier alpha value is -3.41. The van der Waals surface area contributed by atoms with Gasteiger partial charge in [-0.25, -0.2) is 19.7 Å². The summed E-state index contributed by atoms with van der Waals surface area (Å²) < 4.78 is 1.82. The molecule has 0 aliphatic heterocycles. The van der Waals surface area contributed by atoms with Crippen LogP contribution in [0.5, 0.6) is 0 Å². The minimum absolute atomic E-state index is 0. The first-order valence-corrected chi connectivity index (χ1v) is 10.1. The molecule has 1 aromatic carbocycles. The van der Waals surface area contributed by atoms with E-state index in [1.165, 1.54) is 6.08 Å². The molecule has 9 heteroatoms. The standard InChI is InChI=1S/C23H23N5O3.ClH/c1-28-21(16-8-5-15(6-9-16)7-10-18(29)30)27-19-20(24)25-17(26-22(19)28)11-14-23(31)12-3-2-4-13-23;/h5-10,31H,2-4,12-13H2,1H3,(H,29,30)(H2,24,25,26);1H. The molecule has 3 aromatic rings. The smallest absolute Gasteiger partial charge is 0.328 e. The van der Waals surface area contributed by atoms with Crippen LogP contribution >= 0.6 is 12.4 Å². The predicted octanol–water partition coefficient (Wildman–Crippen LogP) is 3.18. The number of aryl methyl sites for hydroxylation is 1. The lowest BCUT2D eigenvalue weighted by Crippen LogP contribution is -2.29. The number of nitrogens with zero attached hydrogens (tertiary/aromatic N) is 4. The molecule has 0 unspecified atom stereocenters. The highest BCUT2D eigenvalue weighted by atomic mass is 35.5. The molecular formula is C23H24ClN5O3. The molecule has 1 fully saturated rings. The molecule has 0 atom stereocenters. The third-order valence-electron chi connectivity index (χ3n) is 5.42. The van der Waals surface area contributed by atoms with Gasteiger partial charge in [0.25, 0.3) is 0 Å². The van der Waals surface area contributed by atoms with Crippen LogP contribution in [0.15, 0.2) is 30.3 Å². The van der Waals surface area contributed by atoms with Crippen molar-refractivity contribution in [3.05, 3.63) is 41.7 Å². The average molecular weight is 454 g/mol.